The number of nitrogens with zero attached hydrogens (tertiary/aromatic N) is 1. The van der Waals surface area contributed by atoms with Crippen LogP contribution in [0.5, 0.6) is 5.75 Å². The number of quaternary nitrogens is 1. The molecule has 0 radical (unpaired) electrons. The van der Waals surface area contributed by atoms with Crippen LogP contribution in [0.3, 0.4) is 0 Å². The van der Waals surface area contributed by atoms with E-state index in [1.165, 1.54) is 9.80 Å². The number of carbonyl (C=O) groups is 2. The maximum absolute atomic E-state index is 13.6. The van der Waals surface area contributed by atoms with Crippen LogP contribution < -0.4 is 14.7 Å². The molecule has 2 aromatic carbocycles. The van der Waals surface area contributed by atoms with Crippen LogP contribution in [0.15, 0.2) is 42.0 Å². The Kier molecular flexibility index (Phi) is 8.05. The largest absolute Gasteiger partial charge is 0.872 e. The molecule has 1 N–H and O–H groups in total. The van der Waals surface area contributed by atoms with Crippen LogP contribution in [0.2, 0.25) is 10.0 Å². The van der Waals surface area contributed by atoms with Crippen LogP contribution in [-0.4, -0.2) is 49.9 Å². The summed E-state index contributed by atoms with van der Waals surface area (Å²) in [6, 6.07) is 9.12. The molecule has 2 aromatic rings. The Balaban J connectivity index is 2.15. The maximum atomic E-state index is 13.6. The van der Waals surface area contributed by atoms with Gasteiger partial charge >= 0.3 is 0 Å². The predicted molar refractivity (Wildman–Crippen MR) is 127 cm³/mol. The molecule has 1 atom stereocenters. The van der Waals surface area contributed by atoms with Crippen molar-refractivity contribution >= 4 is 40.7 Å². The minimum absolute atomic E-state index is 0.0683. The summed E-state index contributed by atoms with van der Waals surface area (Å²) in [5, 5.41) is 14.3. The molecule has 1 saturated heterocycles. The zero-order valence-electron chi connectivity index (χ0n) is 19.2. The molecule has 1 amide bonds. The zero-order chi connectivity index (χ0) is 24.3. The highest BCUT2D eigenvalue weighted by Crippen LogP contribution is 2.40. The number of likely N-dealkylation sites (N-methyl/N-ethyl adjacent to an activating group) is 1. The van der Waals surface area contributed by atoms with Crippen molar-refractivity contribution in [3.05, 3.63) is 68.7 Å². The maximum Gasteiger partial charge on any atom is 0.295 e. The molecule has 33 heavy (non-hydrogen) atoms. The number of aryl methyl sites for hydroxylation is 1. The van der Waals surface area contributed by atoms with Crippen molar-refractivity contribution in [3.8, 4) is 5.75 Å². The lowest BCUT2D eigenvalue weighted by Crippen LogP contribution is -3.12. The molecule has 3 rings (SSSR count). The second-order valence-corrected chi connectivity index (χ2v) is 8.85. The molecule has 0 bridgehead atoms. The second kappa shape index (κ2) is 10.6. The van der Waals surface area contributed by atoms with Crippen LogP contribution in [0.1, 0.15) is 36.6 Å². The van der Waals surface area contributed by atoms with Gasteiger partial charge in [-0.05, 0) is 61.7 Å². The Morgan fingerprint density at radius 1 is 1.09 bits per heavy atom. The molecule has 1 heterocycles. The van der Waals surface area contributed by atoms with E-state index in [0.717, 1.165) is 13.1 Å². The number of rotatable bonds is 8. The van der Waals surface area contributed by atoms with Gasteiger partial charge in [0.05, 0.1) is 49.4 Å². The number of carbonyl (C=O) groups excluding carboxylic acids is 2. The molecular weight excluding hydrogens is 463 g/mol. The first-order valence-electron chi connectivity index (χ1n) is 10.9. The number of methoxy groups -OCH3 is 1. The summed E-state index contributed by atoms with van der Waals surface area (Å²) in [5.74, 6) is -1.32. The van der Waals surface area contributed by atoms with E-state index in [1.54, 1.807) is 50.4 Å². The Labute approximate surface area is 204 Å². The monoisotopic (exact) mass is 490 g/mol. The number of benzene rings is 2. The Hall–Kier alpha value is -2.54. The number of halogens is 2. The highest BCUT2D eigenvalue weighted by atomic mass is 35.5. The third-order valence-corrected chi connectivity index (χ3v) is 6.91. The molecule has 6 nitrogen and oxygen atoms in total. The number of Topliss-reactive ketones (excluding diaryl/α,β-unsaturated/α-hetero) is 1. The van der Waals surface area contributed by atoms with E-state index in [4.69, 9.17) is 27.9 Å². The molecule has 8 heteroatoms. The van der Waals surface area contributed by atoms with Crippen molar-refractivity contribution in [1.82, 2.24) is 4.90 Å². The van der Waals surface area contributed by atoms with Crippen molar-refractivity contribution in [2.75, 3.05) is 33.3 Å². The SMILES string of the molecule is CC[NH+](CC)CCN1C(=O)C(=O)/C(=C(/[O-])c2ccc(OC)cc2C)C1c1ccc(Cl)c(Cl)c1. The van der Waals surface area contributed by atoms with Gasteiger partial charge in [-0.2, -0.15) is 0 Å². The van der Waals surface area contributed by atoms with Gasteiger partial charge in [0, 0.05) is 5.57 Å². The van der Waals surface area contributed by atoms with Crippen LogP contribution in [0.25, 0.3) is 5.76 Å². The summed E-state index contributed by atoms with van der Waals surface area (Å²) < 4.78 is 5.22. The molecule has 0 spiro atoms. The van der Waals surface area contributed by atoms with Gasteiger partial charge in [0.25, 0.3) is 5.91 Å². The lowest BCUT2D eigenvalue weighted by molar-refractivity contribution is -0.895. The highest BCUT2D eigenvalue weighted by molar-refractivity contribution is 6.46. The van der Waals surface area contributed by atoms with E-state index in [-0.39, 0.29) is 5.57 Å². The quantitative estimate of drug-likeness (QED) is 0.350. The number of ether oxygens (including phenoxy) is 1. The van der Waals surface area contributed by atoms with Crippen LogP contribution >= 0.6 is 23.2 Å². The number of hydrogen-bond donors (Lipinski definition) is 1. The molecule has 1 fully saturated rings. The first-order valence-corrected chi connectivity index (χ1v) is 11.7. The summed E-state index contributed by atoms with van der Waals surface area (Å²) in [5.41, 5.74) is 1.52. The summed E-state index contributed by atoms with van der Waals surface area (Å²) >= 11 is 12.4. The highest BCUT2D eigenvalue weighted by Gasteiger charge is 2.44. The minimum atomic E-state index is -0.830. The standard InChI is InChI=1S/C25H28Cl2N2O4/c1-5-28(6-2)11-12-29-22(16-7-10-19(26)20(27)14-16)21(24(31)25(29)32)23(30)18-9-8-17(33-4)13-15(18)3/h7-10,13-14,22,30H,5-6,11-12H2,1-4H3/b23-21+. The van der Waals surface area contributed by atoms with Gasteiger partial charge in [0.2, 0.25) is 5.78 Å². The van der Waals surface area contributed by atoms with Crippen molar-refractivity contribution in [2.24, 2.45) is 0 Å². The van der Waals surface area contributed by atoms with Gasteiger partial charge in [0.1, 0.15) is 5.75 Å². The van der Waals surface area contributed by atoms with Crippen molar-refractivity contribution in [2.45, 2.75) is 26.8 Å². The number of hydrogen-bond acceptors (Lipinski definition) is 4. The third kappa shape index (κ3) is 5.03. The van der Waals surface area contributed by atoms with E-state index < -0.39 is 23.5 Å². The minimum Gasteiger partial charge on any atom is -0.872 e. The average Bonchev–Trinajstić information content (AvgIpc) is 3.06. The van der Waals surface area contributed by atoms with E-state index in [1.807, 2.05) is 0 Å². The molecule has 0 aliphatic carbocycles. The van der Waals surface area contributed by atoms with Crippen LogP contribution in [-0.2, 0) is 9.59 Å². The topological polar surface area (TPSA) is 74.1 Å². The van der Waals surface area contributed by atoms with Crippen LogP contribution in [0.4, 0.5) is 0 Å². The summed E-state index contributed by atoms with van der Waals surface area (Å²) in [6.45, 7) is 8.69. The van der Waals surface area contributed by atoms with Crippen molar-refractivity contribution in [1.29, 1.82) is 0 Å². The number of amides is 1. The van der Waals surface area contributed by atoms with Gasteiger partial charge in [0.15, 0.2) is 0 Å². The summed E-state index contributed by atoms with van der Waals surface area (Å²) in [7, 11) is 1.54. The van der Waals surface area contributed by atoms with E-state index in [0.29, 0.717) is 45.6 Å². The first kappa shape index (κ1) is 25.1. The lowest BCUT2D eigenvalue weighted by atomic mass is 9.94. The Bertz CT molecular complexity index is 1100. The fourth-order valence-electron chi connectivity index (χ4n) is 4.18. The molecule has 1 unspecified atom stereocenters. The molecule has 0 saturated carbocycles. The third-order valence-electron chi connectivity index (χ3n) is 6.17. The van der Waals surface area contributed by atoms with Gasteiger partial charge in [-0.1, -0.05) is 41.1 Å². The molecule has 0 aromatic heterocycles. The smallest absolute Gasteiger partial charge is 0.295 e. The Morgan fingerprint density at radius 3 is 2.36 bits per heavy atom. The van der Waals surface area contributed by atoms with Gasteiger partial charge in [-0.3, -0.25) is 9.59 Å². The zero-order valence-corrected chi connectivity index (χ0v) is 20.7. The normalized spacial score (nSPS) is 17.8. The van der Waals surface area contributed by atoms with Crippen molar-refractivity contribution in [3.63, 3.8) is 0 Å². The fourth-order valence-corrected chi connectivity index (χ4v) is 4.48. The first-order chi connectivity index (χ1) is 15.7. The molecule has 176 valence electrons. The number of ketones is 1. The molecule has 1 aliphatic rings. The Morgan fingerprint density at radius 2 is 1.79 bits per heavy atom. The van der Waals surface area contributed by atoms with Gasteiger partial charge in [-0.25, -0.2) is 0 Å². The van der Waals surface area contributed by atoms with Gasteiger partial charge in [-0.15, -0.1) is 0 Å². The summed E-state index contributed by atoms with van der Waals surface area (Å²) in [6.07, 6.45) is 0. The van der Waals surface area contributed by atoms with Crippen molar-refractivity contribution < 1.29 is 24.3 Å². The number of likely N-dealkylation sites (tertiary alicyclic amines) is 1. The predicted octanol–water partition coefficient (Wildman–Crippen LogP) is 2.46. The lowest BCUT2D eigenvalue weighted by Gasteiger charge is -2.29. The van der Waals surface area contributed by atoms with E-state index >= 15 is 0 Å². The van der Waals surface area contributed by atoms with Gasteiger partial charge < -0.3 is 19.6 Å². The second-order valence-electron chi connectivity index (χ2n) is 8.03. The van der Waals surface area contributed by atoms with E-state index in [9.17, 15) is 14.7 Å². The van der Waals surface area contributed by atoms with Crippen LogP contribution in [0, 0.1) is 6.92 Å². The average molecular weight is 491 g/mol. The molecule has 1 aliphatic heterocycles. The van der Waals surface area contributed by atoms with E-state index in [2.05, 4.69) is 13.8 Å². The fraction of sp³-hybridized carbons (Fsp3) is 0.360. The number of nitrogens with one attached hydrogen (secondary N) is 1. The molecular formula is C25H28Cl2N2O4. The summed E-state index contributed by atoms with van der Waals surface area (Å²) in [4.78, 5) is 29.0.